The lowest BCUT2D eigenvalue weighted by Gasteiger charge is -2.19. The summed E-state index contributed by atoms with van der Waals surface area (Å²) in [5, 5.41) is 14.0. The molecule has 1 heterocycles. The minimum atomic E-state index is -1.12. The number of carbonyl (C=O) groups excluding carboxylic acids is 1. The van der Waals surface area contributed by atoms with Gasteiger partial charge in [-0.2, -0.15) is 0 Å². The molecule has 0 fully saturated rings. The lowest BCUT2D eigenvalue weighted by molar-refractivity contribution is -0.390. The fourth-order valence-electron chi connectivity index (χ4n) is 2.55. The fraction of sp³-hybridized carbons (Fsp3) is 0.100. The van der Waals surface area contributed by atoms with Crippen molar-refractivity contribution in [1.82, 2.24) is 4.98 Å². The van der Waals surface area contributed by atoms with E-state index < -0.39 is 22.8 Å². The summed E-state index contributed by atoms with van der Waals surface area (Å²) >= 11 is 0. The second-order valence-corrected chi connectivity index (χ2v) is 5.71. The predicted octanol–water partition coefficient (Wildman–Crippen LogP) is 3.76. The number of carbonyl (C=O) groups is 1. The molecule has 0 unspecified atom stereocenters. The summed E-state index contributed by atoms with van der Waals surface area (Å²) in [7, 11) is 1.53. The smallest absolute Gasteiger partial charge is 0.406 e. The van der Waals surface area contributed by atoms with Crippen LogP contribution in [0, 0.1) is 10.1 Å². The summed E-state index contributed by atoms with van der Waals surface area (Å²) in [4.78, 5) is 27.2. The zero-order chi connectivity index (χ0) is 19.9. The van der Waals surface area contributed by atoms with Crippen LogP contribution in [0.2, 0.25) is 0 Å². The van der Waals surface area contributed by atoms with E-state index in [1.54, 1.807) is 54.6 Å². The number of aromatic nitrogens is 1. The third-order valence-electron chi connectivity index (χ3n) is 3.85. The third-order valence-corrected chi connectivity index (χ3v) is 3.85. The molecule has 2 aromatic carbocycles. The second-order valence-electron chi connectivity index (χ2n) is 5.71. The van der Waals surface area contributed by atoms with Crippen LogP contribution in [0.5, 0.6) is 11.5 Å². The third kappa shape index (κ3) is 4.42. The molecule has 0 bridgehead atoms. The maximum atomic E-state index is 12.9. The summed E-state index contributed by atoms with van der Waals surface area (Å²) in [6.07, 6.45) is 0.175. The van der Waals surface area contributed by atoms with Crippen LogP contribution in [0.3, 0.4) is 0 Å². The SMILES string of the molecule is COc1cccc(NC(=O)[C@H](Oc2cccnc2[N+](=O)[O-])c2ccccc2)c1. The van der Waals surface area contributed by atoms with E-state index in [2.05, 4.69) is 10.3 Å². The number of methoxy groups -OCH3 is 1. The van der Waals surface area contributed by atoms with Gasteiger partial charge >= 0.3 is 5.82 Å². The number of nitrogens with zero attached hydrogens (tertiary/aromatic N) is 2. The molecular weight excluding hydrogens is 362 g/mol. The fourth-order valence-corrected chi connectivity index (χ4v) is 2.55. The zero-order valence-electron chi connectivity index (χ0n) is 14.9. The molecule has 0 aliphatic heterocycles. The molecule has 0 aliphatic rings. The van der Waals surface area contributed by atoms with Gasteiger partial charge in [-0.1, -0.05) is 36.4 Å². The summed E-state index contributed by atoms with van der Waals surface area (Å²) < 4.78 is 10.9. The molecule has 1 atom stereocenters. The van der Waals surface area contributed by atoms with Crippen LogP contribution >= 0.6 is 0 Å². The minimum Gasteiger partial charge on any atom is -0.497 e. The molecule has 8 nitrogen and oxygen atoms in total. The molecule has 8 heteroatoms. The molecule has 0 spiro atoms. The van der Waals surface area contributed by atoms with E-state index in [9.17, 15) is 14.9 Å². The predicted molar refractivity (Wildman–Crippen MR) is 102 cm³/mol. The van der Waals surface area contributed by atoms with Crippen molar-refractivity contribution >= 4 is 17.4 Å². The monoisotopic (exact) mass is 379 g/mol. The molecule has 142 valence electrons. The van der Waals surface area contributed by atoms with Gasteiger partial charge in [0.15, 0.2) is 0 Å². The Morgan fingerprint density at radius 1 is 1.11 bits per heavy atom. The first-order chi connectivity index (χ1) is 13.6. The lowest BCUT2D eigenvalue weighted by Crippen LogP contribution is -2.26. The van der Waals surface area contributed by atoms with Gasteiger partial charge in [0.2, 0.25) is 11.9 Å². The summed E-state index contributed by atoms with van der Waals surface area (Å²) in [6.45, 7) is 0. The lowest BCUT2D eigenvalue weighted by atomic mass is 10.1. The molecule has 1 amide bonds. The van der Waals surface area contributed by atoms with Gasteiger partial charge in [0.05, 0.1) is 7.11 Å². The standard InChI is InChI=1S/C20H17N3O5/c1-27-16-10-5-9-15(13-16)22-20(24)18(14-7-3-2-4-8-14)28-17-11-6-12-21-19(17)23(25)26/h2-13,18H,1H3,(H,22,24)/t18-/m1/s1. The Labute approximate surface area is 160 Å². The Kier molecular flexibility index (Phi) is 5.81. The van der Waals surface area contributed by atoms with Gasteiger partial charge < -0.3 is 24.9 Å². The van der Waals surface area contributed by atoms with Crippen molar-refractivity contribution in [2.45, 2.75) is 6.10 Å². The molecule has 28 heavy (non-hydrogen) atoms. The summed E-state index contributed by atoms with van der Waals surface area (Å²) in [5.74, 6) is -0.463. The van der Waals surface area contributed by atoms with Gasteiger partial charge in [-0.15, -0.1) is 0 Å². The van der Waals surface area contributed by atoms with Gasteiger partial charge in [0.1, 0.15) is 11.9 Å². The molecule has 1 aromatic heterocycles. The van der Waals surface area contributed by atoms with Crippen LogP contribution in [0.15, 0.2) is 72.9 Å². The van der Waals surface area contributed by atoms with Crippen molar-refractivity contribution in [2.75, 3.05) is 12.4 Å². The van der Waals surface area contributed by atoms with Crippen molar-refractivity contribution in [1.29, 1.82) is 0 Å². The molecule has 3 aromatic rings. The first-order valence-electron chi connectivity index (χ1n) is 8.34. The molecule has 1 N–H and O–H groups in total. The quantitative estimate of drug-likeness (QED) is 0.495. The number of benzene rings is 2. The van der Waals surface area contributed by atoms with E-state index >= 15 is 0 Å². The van der Waals surface area contributed by atoms with E-state index in [1.807, 2.05) is 0 Å². The molecule has 0 saturated carbocycles. The van der Waals surface area contributed by atoms with Crippen LogP contribution in [-0.4, -0.2) is 22.9 Å². The number of rotatable bonds is 7. The largest absolute Gasteiger partial charge is 0.497 e. The van der Waals surface area contributed by atoms with Crippen LogP contribution in [0.1, 0.15) is 11.7 Å². The van der Waals surface area contributed by atoms with Gasteiger partial charge in [-0.25, -0.2) is 0 Å². The number of amides is 1. The molecular formula is C20H17N3O5. The van der Waals surface area contributed by atoms with Crippen LogP contribution in [0.25, 0.3) is 0 Å². The summed E-state index contributed by atoms with van der Waals surface area (Å²) in [5.41, 5.74) is 1.05. The first-order valence-corrected chi connectivity index (χ1v) is 8.34. The van der Waals surface area contributed by atoms with Crippen molar-refractivity contribution in [3.63, 3.8) is 0 Å². The number of anilines is 1. The molecule has 0 radical (unpaired) electrons. The van der Waals surface area contributed by atoms with Gasteiger partial charge in [0.25, 0.3) is 5.91 Å². The average molecular weight is 379 g/mol. The maximum Gasteiger partial charge on any atom is 0.406 e. The number of nitro groups is 1. The van der Waals surface area contributed by atoms with Crippen molar-refractivity contribution in [2.24, 2.45) is 0 Å². The Bertz CT molecular complexity index is 978. The van der Waals surface area contributed by atoms with E-state index in [0.29, 0.717) is 17.0 Å². The molecule has 3 rings (SSSR count). The Morgan fingerprint density at radius 3 is 2.61 bits per heavy atom. The Morgan fingerprint density at radius 2 is 1.89 bits per heavy atom. The van der Waals surface area contributed by atoms with Crippen LogP contribution < -0.4 is 14.8 Å². The number of nitrogens with one attached hydrogen (secondary N) is 1. The number of hydrogen-bond donors (Lipinski definition) is 1. The second kappa shape index (κ2) is 8.63. The Balaban J connectivity index is 1.91. The minimum absolute atomic E-state index is 0.0952. The number of ether oxygens (including phenoxy) is 2. The van der Waals surface area contributed by atoms with E-state index in [1.165, 1.54) is 25.4 Å². The first kappa shape index (κ1) is 18.8. The van der Waals surface area contributed by atoms with E-state index in [0.717, 1.165) is 0 Å². The molecule has 0 saturated heterocycles. The van der Waals surface area contributed by atoms with Crippen molar-refractivity contribution in [3.8, 4) is 11.5 Å². The van der Waals surface area contributed by atoms with E-state index in [4.69, 9.17) is 9.47 Å². The summed E-state index contributed by atoms with van der Waals surface area (Å²) in [6, 6.07) is 18.5. The maximum absolute atomic E-state index is 12.9. The highest BCUT2D eigenvalue weighted by molar-refractivity contribution is 5.95. The van der Waals surface area contributed by atoms with E-state index in [-0.39, 0.29) is 5.75 Å². The highest BCUT2D eigenvalue weighted by atomic mass is 16.6. The van der Waals surface area contributed by atoms with Crippen molar-refractivity contribution in [3.05, 3.63) is 88.6 Å². The number of pyridine rings is 1. The zero-order valence-corrected chi connectivity index (χ0v) is 14.9. The van der Waals surface area contributed by atoms with Crippen molar-refractivity contribution < 1.29 is 19.2 Å². The normalized spacial score (nSPS) is 11.3. The highest BCUT2D eigenvalue weighted by Gasteiger charge is 2.27. The molecule has 0 aliphatic carbocycles. The average Bonchev–Trinajstić information content (AvgIpc) is 2.72. The van der Waals surface area contributed by atoms with Gasteiger partial charge in [-0.05, 0) is 34.2 Å². The topological polar surface area (TPSA) is 104 Å². The van der Waals surface area contributed by atoms with Crippen LogP contribution in [-0.2, 0) is 4.79 Å². The van der Waals surface area contributed by atoms with Gasteiger partial charge in [-0.3, -0.25) is 4.79 Å². The highest BCUT2D eigenvalue weighted by Crippen LogP contribution is 2.30. The number of hydrogen-bond acceptors (Lipinski definition) is 6. The van der Waals surface area contributed by atoms with Gasteiger partial charge in [0, 0.05) is 17.3 Å². The van der Waals surface area contributed by atoms with Crippen LogP contribution in [0.4, 0.5) is 11.5 Å². The Hall–Kier alpha value is -3.94.